The summed E-state index contributed by atoms with van der Waals surface area (Å²) in [5.74, 6) is 0. The van der Waals surface area contributed by atoms with Crippen LogP contribution in [-0.2, 0) is 6.42 Å². The molecule has 0 bridgehead atoms. The number of halogens is 1. The molecule has 0 saturated carbocycles. The van der Waals surface area contributed by atoms with Crippen molar-refractivity contribution in [2.45, 2.75) is 38.1 Å². The summed E-state index contributed by atoms with van der Waals surface area (Å²) >= 11 is 2.36. The van der Waals surface area contributed by atoms with Crippen LogP contribution in [0.2, 0.25) is 0 Å². The van der Waals surface area contributed by atoms with Crippen LogP contribution >= 0.6 is 22.6 Å². The van der Waals surface area contributed by atoms with Crippen LogP contribution in [0.5, 0.6) is 0 Å². The van der Waals surface area contributed by atoms with Gasteiger partial charge in [-0.15, -0.1) is 0 Å². The van der Waals surface area contributed by atoms with Gasteiger partial charge in [0.1, 0.15) is 0 Å². The van der Waals surface area contributed by atoms with Gasteiger partial charge in [0.15, 0.2) is 0 Å². The summed E-state index contributed by atoms with van der Waals surface area (Å²) in [7, 11) is 0. The molecule has 1 atom stereocenters. The molecule has 1 aromatic carbocycles. The Morgan fingerprint density at radius 3 is 2.73 bits per heavy atom. The molecule has 15 heavy (non-hydrogen) atoms. The predicted molar refractivity (Wildman–Crippen MR) is 73.1 cm³/mol. The molecule has 1 fully saturated rings. The van der Waals surface area contributed by atoms with Gasteiger partial charge in [0.25, 0.3) is 0 Å². The van der Waals surface area contributed by atoms with E-state index in [1.54, 1.807) is 0 Å². The Labute approximate surface area is 106 Å². The second-order valence-corrected chi connectivity index (χ2v) is 5.58. The number of hydrogen-bond donors (Lipinski definition) is 1. The lowest BCUT2D eigenvalue weighted by atomic mass is 10.0. The monoisotopic (exact) mass is 315 g/mol. The fourth-order valence-corrected chi connectivity index (χ4v) is 2.54. The average Bonchev–Trinajstić information content (AvgIpc) is 2.50. The number of hydrogen-bond acceptors (Lipinski definition) is 1. The lowest BCUT2D eigenvalue weighted by molar-refractivity contribution is 0.507. The third-order valence-electron chi connectivity index (χ3n) is 3.06. The first kappa shape index (κ1) is 11.4. The van der Waals surface area contributed by atoms with E-state index in [9.17, 15) is 0 Å². The van der Waals surface area contributed by atoms with Gasteiger partial charge in [-0.2, -0.15) is 0 Å². The van der Waals surface area contributed by atoms with E-state index < -0.39 is 0 Å². The molecule has 1 aromatic rings. The molecule has 1 nitrogen and oxygen atoms in total. The minimum Gasteiger partial charge on any atom is -0.314 e. The van der Waals surface area contributed by atoms with Crippen molar-refractivity contribution in [3.8, 4) is 0 Å². The van der Waals surface area contributed by atoms with Crippen molar-refractivity contribution in [1.29, 1.82) is 0 Å². The van der Waals surface area contributed by atoms with Crippen molar-refractivity contribution < 1.29 is 0 Å². The van der Waals surface area contributed by atoms with Crippen LogP contribution in [0, 0.1) is 3.57 Å². The average molecular weight is 315 g/mol. The van der Waals surface area contributed by atoms with E-state index in [1.165, 1.54) is 47.8 Å². The van der Waals surface area contributed by atoms with E-state index >= 15 is 0 Å². The van der Waals surface area contributed by atoms with Crippen LogP contribution in [0.3, 0.4) is 0 Å². The second-order valence-electron chi connectivity index (χ2n) is 4.33. The zero-order chi connectivity index (χ0) is 10.5. The molecule has 1 heterocycles. The Balaban J connectivity index is 1.92. The van der Waals surface area contributed by atoms with Gasteiger partial charge in [-0.05, 0) is 66.1 Å². The Morgan fingerprint density at radius 2 is 1.93 bits per heavy atom. The quantitative estimate of drug-likeness (QED) is 0.825. The van der Waals surface area contributed by atoms with Crippen LogP contribution in [0.1, 0.15) is 31.2 Å². The maximum Gasteiger partial charge on any atom is 0.0130 e. The Kier molecular flexibility index (Phi) is 4.44. The van der Waals surface area contributed by atoms with E-state index in [1.807, 2.05) is 0 Å². The lowest BCUT2D eigenvalue weighted by Crippen LogP contribution is -2.30. The van der Waals surface area contributed by atoms with Crippen LogP contribution in [0.4, 0.5) is 0 Å². The number of benzene rings is 1. The summed E-state index contributed by atoms with van der Waals surface area (Å²) in [4.78, 5) is 0. The third-order valence-corrected chi connectivity index (χ3v) is 3.78. The fourth-order valence-electron chi connectivity index (χ4n) is 2.18. The molecule has 1 aliphatic rings. The second kappa shape index (κ2) is 5.85. The maximum absolute atomic E-state index is 3.64. The zero-order valence-corrected chi connectivity index (χ0v) is 11.2. The molecular weight excluding hydrogens is 297 g/mol. The Morgan fingerprint density at radius 1 is 1.13 bits per heavy atom. The van der Waals surface area contributed by atoms with Gasteiger partial charge < -0.3 is 5.32 Å². The third kappa shape index (κ3) is 3.76. The van der Waals surface area contributed by atoms with Gasteiger partial charge in [0, 0.05) is 9.61 Å². The van der Waals surface area contributed by atoms with Gasteiger partial charge in [-0.3, -0.25) is 0 Å². The Bertz CT molecular complexity index is 286. The molecule has 1 N–H and O–H groups in total. The molecule has 1 unspecified atom stereocenters. The fraction of sp³-hybridized carbons (Fsp3) is 0.538. The van der Waals surface area contributed by atoms with Crippen LogP contribution in [0.25, 0.3) is 0 Å². The standard InChI is InChI=1S/C13H18IN/c14-12-7-5-11(6-8-12)10-13-4-2-1-3-9-15-13/h5-8,13,15H,1-4,9-10H2. The molecule has 1 saturated heterocycles. The number of rotatable bonds is 2. The summed E-state index contributed by atoms with van der Waals surface area (Å²) in [6.45, 7) is 1.20. The first-order valence-electron chi connectivity index (χ1n) is 5.82. The molecule has 0 radical (unpaired) electrons. The SMILES string of the molecule is Ic1ccc(CC2CCCCCN2)cc1. The highest BCUT2D eigenvalue weighted by Gasteiger charge is 2.11. The highest BCUT2D eigenvalue weighted by Crippen LogP contribution is 2.14. The van der Waals surface area contributed by atoms with Gasteiger partial charge in [-0.1, -0.05) is 25.0 Å². The minimum atomic E-state index is 0.701. The zero-order valence-electron chi connectivity index (χ0n) is 9.01. The van der Waals surface area contributed by atoms with Gasteiger partial charge in [0.2, 0.25) is 0 Å². The van der Waals surface area contributed by atoms with Crippen molar-refractivity contribution in [3.63, 3.8) is 0 Å². The van der Waals surface area contributed by atoms with Crippen molar-refractivity contribution in [3.05, 3.63) is 33.4 Å². The van der Waals surface area contributed by atoms with E-state index in [-0.39, 0.29) is 0 Å². The van der Waals surface area contributed by atoms with Crippen LogP contribution < -0.4 is 5.32 Å². The van der Waals surface area contributed by atoms with Crippen LogP contribution in [0.15, 0.2) is 24.3 Å². The maximum atomic E-state index is 3.64. The largest absolute Gasteiger partial charge is 0.314 e. The molecule has 2 rings (SSSR count). The van der Waals surface area contributed by atoms with Crippen molar-refractivity contribution in [2.75, 3.05) is 6.54 Å². The summed E-state index contributed by atoms with van der Waals surface area (Å²) < 4.78 is 1.32. The summed E-state index contributed by atoms with van der Waals surface area (Å²) in [6.07, 6.45) is 6.67. The first-order valence-corrected chi connectivity index (χ1v) is 6.90. The summed E-state index contributed by atoms with van der Waals surface area (Å²) in [5, 5.41) is 3.64. The van der Waals surface area contributed by atoms with Gasteiger partial charge >= 0.3 is 0 Å². The van der Waals surface area contributed by atoms with E-state index in [4.69, 9.17) is 0 Å². The van der Waals surface area contributed by atoms with Crippen LogP contribution in [-0.4, -0.2) is 12.6 Å². The van der Waals surface area contributed by atoms with E-state index in [2.05, 4.69) is 52.2 Å². The molecule has 0 amide bonds. The molecule has 82 valence electrons. The Hall–Kier alpha value is -0.0900. The lowest BCUT2D eigenvalue weighted by Gasteiger charge is -2.15. The first-order chi connectivity index (χ1) is 7.34. The van der Waals surface area contributed by atoms with E-state index in [0.29, 0.717) is 6.04 Å². The molecule has 2 heteroatoms. The van der Waals surface area contributed by atoms with Crippen molar-refractivity contribution in [2.24, 2.45) is 0 Å². The highest BCUT2D eigenvalue weighted by atomic mass is 127. The van der Waals surface area contributed by atoms with E-state index in [0.717, 1.165) is 0 Å². The normalized spacial score (nSPS) is 22.3. The predicted octanol–water partition coefficient (Wildman–Crippen LogP) is 3.37. The highest BCUT2D eigenvalue weighted by molar-refractivity contribution is 14.1. The van der Waals surface area contributed by atoms with Crippen molar-refractivity contribution in [1.82, 2.24) is 5.32 Å². The molecule has 0 spiro atoms. The summed E-state index contributed by atoms with van der Waals surface area (Å²) in [5.41, 5.74) is 1.47. The molecular formula is C13H18IN. The molecule has 0 aromatic heterocycles. The van der Waals surface area contributed by atoms with Gasteiger partial charge in [-0.25, -0.2) is 0 Å². The topological polar surface area (TPSA) is 12.0 Å². The molecule has 1 aliphatic heterocycles. The number of nitrogens with one attached hydrogen (secondary N) is 1. The molecule has 0 aliphatic carbocycles. The summed E-state index contributed by atoms with van der Waals surface area (Å²) in [6, 6.07) is 9.62. The van der Waals surface area contributed by atoms with Crippen molar-refractivity contribution >= 4 is 22.6 Å². The minimum absolute atomic E-state index is 0.701. The smallest absolute Gasteiger partial charge is 0.0130 e. The van der Waals surface area contributed by atoms with Gasteiger partial charge in [0.05, 0.1) is 0 Å².